The smallest absolute Gasteiger partial charge is 0.222 e. The second-order valence-electron chi connectivity index (χ2n) is 7.22. The van der Waals surface area contributed by atoms with Crippen LogP contribution >= 0.6 is 0 Å². The third-order valence-corrected chi connectivity index (χ3v) is 5.66. The Morgan fingerprint density at radius 2 is 1.75 bits per heavy atom. The summed E-state index contributed by atoms with van der Waals surface area (Å²) in [6.45, 7) is 2.25. The molecule has 0 spiro atoms. The lowest BCUT2D eigenvalue weighted by molar-refractivity contribution is -0.134. The fourth-order valence-electron chi connectivity index (χ4n) is 4.32. The lowest BCUT2D eigenvalue weighted by atomic mass is 9.89. The number of piperidine rings is 2. The van der Waals surface area contributed by atoms with E-state index >= 15 is 0 Å². The first kappa shape index (κ1) is 14.3. The zero-order valence-electron chi connectivity index (χ0n) is 13.0. The van der Waals surface area contributed by atoms with Crippen molar-refractivity contribution in [3.63, 3.8) is 0 Å². The summed E-state index contributed by atoms with van der Waals surface area (Å²) < 4.78 is 0. The molecule has 0 aromatic rings. The minimum Gasteiger partial charge on any atom is -0.343 e. The van der Waals surface area contributed by atoms with Gasteiger partial charge in [0.15, 0.2) is 0 Å². The number of carbonyl (C=O) groups excluding carboxylic acids is 1. The summed E-state index contributed by atoms with van der Waals surface area (Å²) in [5.74, 6) is 1.00. The molecule has 3 aliphatic rings. The molecule has 2 unspecified atom stereocenters. The Hall–Kier alpha value is -0.610. The van der Waals surface area contributed by atoms with Gasteiger partial charge in [-0.1, -0.05) is 0 Å². The van der Waals surface area contributed by atoms with Crippen LogP contribution in [0.2, 0.25) is 0 Å². The van der Waals surface area contributed by atoms with Crippen LogP contribution < -0.4 is 5.32 Å². The van der Waals surface area contributed by atoms with Crippen LogP contribution in [0.5, 0.6) is 0 Å². The van der Waals surface area contributed by atoms with Crippen LogP contribution in [0.15, 0.2) is 0 Å². The first-order chi connectivity index (χ1) is 9.61. The quantitative estimate of drug-likeness (QED) is 0.849. The van der Waals surface area contributed by atoms with Gasteiger partial charge in [0.25, 0.3) is 0 Å². The fourth-order valence-corrected chi connectivity index (χ4v) is 4.32. The number of hydrogen-bond donors (Lipinski definition) is 1. The van der Waals surface area contributed by atoms with E-state index in [1.54, 1.807) is 0 Å². The van der Waals surface area contributed by atoms with Gasteiger partial charge >= 0.3 is 0 Å². The largest absolute Gasteiger partial charge is 0.343 e. The Morgan fingerprint density at radius 3 is 2.35 bits per heavy atom. The Labute approximate surface area is 122 Å². The van der Waals surface area contributed by atoms with Crippen molar-refractivity contribution in [2.75, 3.05) is 27.2 Å². The van der Waals surface area contributed by atoms with Crippen molar-refractivity contribution in [3.8, 4) is 0 Å². The highest BCUT2D eigenvalue weighted by Gasteiger charge is 2.35. The molecule has 3 aliphatic heterocycles. The van der Waals surface area contributed by atoms with Gasteiger partial charge in [0, 0.05) is 31.6 Å². The molecule has 0 aliphatic carbocycles. The normalized spacial score (nSPS) is 35.2. The Morgan fingerprint density at radius 1 is 1.15 bits per heavy atom. The van der Waals surface area contributed by atoms with Gasteiger partial charge in [-0.05, 0) is 64.6 Å². The van der Waals surface area contributed by atoms with E-state index in [1.165, 1.54) is 25.7 Å². The Balaban J connectivity index is 1.48. The van der Waals surface area contributed by atoms with Crippen LogP contribution in [-0.2, 0) is 4.79 Å². The zero-order valence-corrected chi connectivity index (χ0v) is 13.0. The summed E-state index contributed by atoms with van der Waals surface area (Å²) >= 11 is 0. The average molecular weight is 279 g/mol. The maximum atomic E-state index is 12.5. The van der Waals surface area contributed by atoms with Gasteiger partial charge in [-0.25, -0.2) is 0 Å². The van der Waals surface area contributed by atoms with Gasteiger partial charge in [0.2, 0.25) is 5.91 Å². The number of nitrogens with one attached hydrogen (secondary N) is 1. The molecule has 3 heterocycles. The zero-order chi connectivity index (χ0) is 14.1. The molecular formula is C16H29N3O. The van der Waals surface area contributed by atoms with Crippen LogP contribution in [0, 0.1) is 5.92 Å². The molecule has 0 aromatic heterocycles. The second-order valence-corrected chi connectivity index (χ2v) is 7.22. The Bertz CT molecular complexity index is 340. The number of amides is 1. The number of rotatable bonds is 3. The van der Waals surface area contributed by atoms with Gasteiger partial charge in [-0.2, -0.15) is 0 Å². The highest BCUT2D eigenvalue weighted by molar-refractivity contribution is 5.76. The van der Waals surface area contributed by atoms with E-state index in [0.29, 0.717) is 30.0 Å². The molecule has 114 valence electrons. The minimum absolute atomic E-state index is 0.380. The molecule has 0 saturated carbocycles. The van der Waals surface area contributed by atoms with E-state index < -0.39 is 0 Å². The van der Waals surface area contributed by atoms with Gasteiger partial charge in [0.05, 0.1) is 0 Å². The average Bonchev–Trinajstić information content (AvgIpc) is 2.78. The third kappa shape index (κ3) is 3.17. The van der Waals surface area contributed by atoms with Crippen molar-refractivity contribution >= 4 is 5.91 Å². The minimum atomic E-state index is 0.380. The van der Waals surface area contributed by atoms with Gasteiger partial charge in [-0.3, -0.25) is 4.79 Å². The van der Waals surface area contributed by atoms with Gasteiger partial charge in [-0.15, -0.1) is 0 Å². The molecule has 2 bridgehead atoms. The van der Waals surface area contributed by atoms with Crippen LogP contribution in [0.25, 0.3) is 0 Å². The molecule has 20 heavy (non-hydrogen) atoms. The van der Waals surface area contributed by atoms with Crippen LogP contribution in [0.3, 0.4) is 0 Å². The highest BCUT2D eigenvalue weighted by atomic mass is 16.2. The van der Waals surface area contributed by atoms with Crippen LogP contribution in [-0.4, -0.2) is 61.0 Å². The van der Waals surface area contributed by atoms with Crippen molar-refractivity contribution in [2.45, 2.75) is 63.1 Å². The lowest BCUT2D eigenvalue weighted by Crippen LogP contribution is -2.46. The van der Waals surface area contributed by atoms with E-state index in [2.05, 4.69) is 22.2 Å². The summed E-state index contributed by atoms with van der Waals surface area (Å²) in [6, 6.07) is 1.86. The van der Waals surface area contributed by atoms with Crippen LogP contribution in [0.1, 0.15) is 44.9 Å². The lowest BCUT2D eigenvalue weighted by Gasteiger charge is -2.36. The molecule has 0 aromatic carbocycles. The van der Waals surface area contributed by atoms with Crippen molar-refractivity contribution in [1.82, 2.24) is 15.1 Å². The molecule has 4 heteroatoms. The molecule has 1 amide bonds. The predicted molar refractivity (Wildman–Crippen MR) is 80.6 cm³/mol. The van der Waals surface area contributed by atoms with Gasteiger partial charge in [0.1, 0.15) is 0 Å². The van der Waals surface area contributed by atoms with Crippen LogP contribution in [0.4, 0.5) is 0 Å². The third-order valence-electron chi connectivity index (χ3n) is 5.66. The maximum absolute atomic E-state index is 12.5. The van der Waals surface area contributed by atoms with Crippen molar-refractivity contribution in [2.24, 2.45) is 5.92 Å². The number of likely N-dealkylation sites (tertiary alicyclic amines) is 1. The van der Waals surface area contributed by atoms with Crippen molar-refractivity contribution < 1.29 is 4.79 Å². The molecule has 2 atom stereocenters. The standard InChI is InChI=1S/C16H29N3O/c1-18-7-5-15(6-8-18)19(2)16(20)11-12-9-13-3-4-14(10-12)17-13/h12-15,17H,3-11H2,1-2H3. The molecular weight excluding hydrogens is 250 g/mol. The SMILES string of the molecule is CN1CCC(N(C)C(=O)CC2CC3CCC(C2)N3)CC1. The first-order valence-corrected chi connectivity index (χ1v) is 8.32. The molecule has 4 nitrogen and oxygen atoms in total. The number of carbonyl (C=O) groups is 1. The van der Waals surface area contributed by atoms with Crippen molar-refractivity contribution in [1.29, 1.82) is 0 Å². The molecule has 1 N–H and O–H groups in total. The number of nitrogens with zero attached hydrogens (tertiary/aromatic N) is 2. The number of fused-ring (bicyclic) bond motifs is 2. The number of hydrogen-bond acceptors (Lipinski definition) is 3. The summed E-state index contributed by atoms with van der Waals surface area (Å²) in [7, 11) is 4.19. The van der Waals surface area contributed by atoms with Gasteiger partial charge < -0.3 is 15.1 Å². The monoisotopic (exact) mass is 279 g/mol. The predicted octanol–water partition coefficient (Wildman–Crippen LogP) is 1.46. The molecule has 3 rings (SSSR count). The van der Waals surface area contributed by atoms with E-state index in [1.807, 2.05) is 7.05 Å². The van der Waals surface area contributed by atoms with Crippen molar-refractivity contribution in [3.05, 3.63) is 0 Å². The Kier molecular flexibility index (Phi) is 4.32. The fraction of sp³-hybridized carbons (Fsp3) is 0.938. The summed E-state index contributed by atoms with van der Waals surface area (Å²) in [5, 5.41) is 3.66. The summed E-state index contributed by atoms with van der Waals surface area (Å²) in [4.78, 5) is 16.9. The van der Waals surface area contributed by atoms with E-state index in [-0.39, 0.29) is 0 Å². The summed E-state index contributed by atoms with van der Waals surface area (Å²) in [5.41, 5.74) is 0. The van der Waals surface area contributed by atoms with E-state index in [0.717, 1.165) is 32.4 Å². The maximum Gasteiger partial charge on any atom is 0.222 e. The van der Waals surface area contributed by atoms with E-state index in [9.17, 15) is 4.79 Å². The highest BCUT2D eigenvalue weighted by Crippen LogP contribution is 2.33. The van der Waals surface area contributed by atoms with E-state index in [4.69, 9.17) is 0 Å². The second kappa shape index (κ2) is 6.02. The molecule has 0 radical (unpaired) electrons. The first-order valence-electron chi connectivity index (χ1n) is 8.32. The summed E-state index contributed by atoms with van der Waals surface area (Å²) in [6.07, 6.45) is 8.11. The topological polar surface area (TPSA) is 35.6 Å². The molecule has 3 fully saturated rings. The molecule has 3 saturated heterocycles.